The quantitative estimate of drug-likeness (QED) is 0.581. The van der Waals surface area contributed by atoms with Crippen molar-refractivity contribution in [1.82, 2.24) is 19.4 Å². The SMILES string of the molecule is Cc1cc(Nc2nccc(-c3cc(C#N)c4c(c3)C(C)(C)CC4)n2)c(=O)n(CCN2CC(F)C2)c1. The Labute approximate surface area is 204 Å². The van der Waals surface area contributed by atoms with Crippen molar-refractivity contribution in [3.63, 3.8) is 0 Å². The number of fused-ring (bicyclic) bond motifs is 1. The zero-order valence-corrected chi connectivity index (χ0v) is 20.3. The molecule has 0 atom stereocenters. The van der Waals surface area contributed by atoms with Gasteiger partial charge in [-0.1, -0.05) is 13.8 Å². The van der Waals surface area contributed by atoms with Crippen molar-refractivity contribution < 1.29 is 4.39 Å². The summed E-state index contributed by atoms with van der Waals surface area (Å²) in [4.78, 5) is 24.0. The van der Waals surface area contributed by atoms with Crippen LogP contribution in [0, 0.1) is 18.3 Å². The first-order valence-corrected chi connectivity index (χ1v) is 12.0. The number of nitrogens with one attached hydrogen (secondary N) is 1. The van der Waals surface area contributed by atoms with Crippen LogP contribution in [-0.2, 0) is 18.4 Å². The summed E-state index contributed by atoms with van der Waals surface area (Å²) in [5, 5.41) is 12.8. The smallest absolute Gasteiger partial charge is 0.274 e. The maximum atomic E-state index is 13.1. The van der Waals surface area contributed by atoms with Gasteiger partial charge in [0.15, 0.2) is 0 Å². The number of anilines is 2. The van der Waals surface area contributed by atoms with Gasteiger partial charge in [-0.15, -0.1) is 0 Å². The first kappa shape index (κ1) is 23.2. The van der Waals surface area contributed by atoms with Crippen molar-refractivity contribution in [2.45, 2.75) is 51.7 Å². The fourth-order valence-electron chi connectivity index (χ4n) is 5.05. The first-order chi connectivity index (χ1) is 16.7. The third-order valence-electron chi connectivity index (χ3n) is 7.09. The van der Waals surface area contributed by atoms with Gasteiger partial charge in [0.05, 0.1) is 17.3 Å². The molecule has 1 N–H and O–H groups in total. The van der Waals surface area contributed by atoms with E-state index >= 15 is 0 Å². The summed E-state index contributed by atoms with van der Waals surface area (Å²) in [6.07, 6.45) is 4.64. The van der Waals surface area contributed by atoms with E-state index in [2.05, 4.69) is 41.3 Å². The van der Waals surface area contributed by atoms with Crippen LogP contribution in [0.1, 0.15) is 42.5 Å². The van der Waals surface area contributed by atoms with Gasteiger partial charge in [0.1, 0.15) is 11.9 Å². The summed E-state index contributed by atoms with van der Waals surface area (Å²) >= 11 is 0. The predicted molar refractivity (Wildman–Crippen MR) is 134 cm³/mol. The fraction of sp³-hybridized carbons (Fsp3) is 0.407. The molecule has 0 unspecified atom stereocenters. The van der Waals surface area contributed by atoms with Crippen LogP contribution in [0.25, 0.3) is 11.3 Å². The van der Waals surface area contributed by atoms with Gasteiger partial charge in [0.25, 0.3) is 5.56 Å². The van der Waals surface area contributed by atoms with Crippen LogP contribution in [0.2, 0.25) is 0 Å². The van der Waals surface area contributed by atoms with Crippen molar-refractivity contribution in [1.29, 1.82) is 5.26 Å². The van der Waals surface area contributed by atoms with Gasteiger partial charge < -0.3 is 9.88 Å². The van der Waals surface area contributed by atoms with Crippen LogP contribution in [-0.4, -0.2) is 45.2 Å². The highest BCUT2D eigenvalue weighted by Crippen LogP contribution is 2.41. The Morgan fingerprint density at radius 2 is 2.06 bits per heavy atom. The van der Waals surface area contributed by atoms with Crippen molar-refractivity contribution in [2.24, 2.45) is 0 Å². The highest BCUT2D eigenvalue weighted by atomic mass is 19.1. The van der Waals surface area contributed by atoms with Crippen LogP contribution in [0.3, 0.4) is 0 Å². The van der Waals surface area contributed by atoms with E-state index in [1.807, 2.05) is 30.2 Å². The number of halogens is 1. The second-order valence-corrected chi connectivity index (χ2v) is 10.2. The maximum absolute atomic E-state index is 13.1. The number of alkyl halides is 1. The highest BCUT2D eigenvalue weighted by Gasteiger charge is 2.32. The normalized spacial score (nSPS) is 17.0. The standard InChI is InChI=1S/C27H29FN6O/c1-17-10-24(25(35)34(14-17)9-8-33-15-20(28)16-33)32-26-30-7-5-23(31-26)18-11-19(13-29)21-4-6-27(2,3)22(21)12-18/h5,7,10-12,14,20H,4,6,8-9,15-16H2,1-3H3,(H,30,31,32). The lowest BCUT2D eigenvalue weighted by Gasteiger charge is -2.34. The Morgan fingerprint density at radius 3 is 2.80 bits per heavy atom. The van der Waals surface area contributed by atoms with E-state index in [0.29, 0.717) is 49.1 Å². The van der Waals surface area contributed by atoms with Gasteiger partial charge in [-0.25, -0.2) is 14.4 Å². The molecule has 0 radical (unpaired) electrons. The molecule has 1 aromatic carbocycles. The molecule has 7 nitrogen and oxygen atoms in total. The maximum Gasteiger partial charge on any atom is 0.274 e. The molecule has 5 rings (SSSR count). The average molecular weight is 473 g/mol. The third-order valence-corrected chi connectivity index (χ3v) is 7.09. The number of likely N-dealkylation sites (tertiary alicyclic amines) is 1. The minimum absolute atomic E-state index is 0.0128. The van der Waals surface area contributed by atoms with E-state index < -0.39 is 6.17 Å². The highest BCUT2D eigenvalue weighted by molar-refractivity contribution is 5.68. The van der Waals surface area contributed by atoms with Gasteiger partial charge in [-0.2, -0.15) is 5.26 Å². The van der Waals surface area contributed by atoms with Gasteiger partial charge in [0.2, 0.25) is 5.95 Å². The Kier molecular flexibility index (Phi) is 5.89. The monoisotopic (exact) mass is 472 g/mol. The minimum atomic E-state index is -0.758. The summed E-state index contributed by atoms with van der Waals surface area (Å²) in [7, 11) is 0. The molecule has 2 aliphatic rings. The topological polar surface area (TPSA) is 86.8 Å². The molecule has 0 spiro atoms. The molecule has 0 bridgehead atoms. The molecule has 0 amide bonds. The van der Waals surface area contributed by atoms with E-state index in [9.17, 15) is 14.4 Å². The lowest BCUT2D eigenvalue weighted by atomic mass is 9.84. The number of hydrogen-bond acceptors (Lipinski definition) is 6. The molecule has 0 saturated carbocycles. The molecule has 35 heavy (non-hydrogen) atoms. The molecular formula is C27H29FN6O. The van der Waals surface area contributed by atoms with E-state index in [0.717, 1.165) is 29.5 Å². The van der Waals surface area contributed by atoms with E-state index in [1.54, 1.807) is 16.8 Å². The summed E-state index contributed by atoms with van der Waals surface area (Å²) in [5.74, 6) is 0.318. The lowest BCUT2D eigenvalue weighted by Crippen LogP contribution is -2.49. The number of pyridine rings is 1. The number of rotatable bonds is 6. The molecule has 2 aromatic heterocycles. The Balaban J connectivity index is 1.42. The van der Waals surface area contributed by atoms with Crippen LogP contribution >= 0.6 is 0 Å². The molecule has 1 aliphatic heterocycles. The van der Waals surface area contributed by atoms with Gasteiger partial charge in [0, 0.05) is 44.1 Å². The third kappa shape index (κ3) is 4.56. The summed E-state index contributed by atoms with van der Waals surface area (Å²) < 4.78 is 14.7. The number of nitriles is 1. The number of aromatic nitrogens is 3. The van der Waals surface area contributed by atoms with Crippen molar-refractivity contribution >= 4 is 11.6 Å². The Morgan fingerprint density at radius 1 is 1.26 bits per heavy atom. The van der Waals surface area contributed by atoms with Gasteiger partial charge in [-0.3, -0.25) is 9.69 Å². The molecule has 8 heteroatoms. The molecule has 1 fully saturated rings. The van der Waals surface area contributed by atoms with Crippen LogP contribution in [0.5, 0.6) is 0 Å². The molecule has 3 heterocycles. The van der Waals surface area contributed by atoms with Crippen LogP contribution < -0.4 is 10.9 Å². The second-order valence-electron chi connectivity index (χ2n) is 10.2. The van der Waals surface area contributed by atoms with Crippen molar-refractivity contribution in [3.8, 4) is 17.3 Å². The first-order valence-electron chi connectivity index (χ1n) is 12.0. The predicted octanol–water partition coefficient (Wildman–Crippen LogP) is 4.11. The summed E-state index contributed by atoms with van der Waals surface area (Å²) in [6.45, 7) is 8.32. The lowest BCUT2D eigenvalue weighted by molar-refractivity contribution is 0.0626. The zero-order chi connectivity index (χ0) is 24.7. The summed E-state index contributed by atoms with van der Waals surface area (Å²) in [5.41, 5.74) is 5.73. The Hall–Kier alpha value is -3.57. The number of hydrogen-bond donors (Lipinski definition) is 1. The second kappa shape index (κ2) is 8.90. The molecule has 1 aliphatic carbocycles. The molecular weight excluding hydrogens is 443 g/mol. The van der Waals surface area contributed by atoms with Crippen molar-refractivity contribution in [3.05, 3.63) is 69.3 Å². The van der Waals surface area contributed by atoms with Crippen molar-refractivity contribution in [2.75, 3.05) is 25.0 Å². The zero-order valence-electron chi connectivity index (χ0n) is 20.3. The van der Waals surface area contributed by atoms with Gasteiger partial charge >= 0.3 is 0 Å². The Bertz CT molecular complexity index is 1380. The van der Waals surface area contributed by atoms with E-state index in [4.69, 9.17) is 0 Å². The van der Waals surface area contributed by atoms with Gasteiger partial charge in [-0.05, 0) is 66.1 Å². The van der Waals surface area contributed by atoms with E-state index in [-0.39, 0.29) is 11.0 Å². The van der Waals surface area contributed by atoms with E-state index in [1.165, 1.54) is 5.56 Å². The van der Waals surface area contributed by atoms with Crippen LogP contribution in [0.4, 0.5) is 16.0 Å². The minimum Gasteiger partial charge on any atom is -0.320 e. The summed E-state index contributed by atoms with van der Waals surface area (Å²) in [6, 6.07) is 9.97. The molecule has 180 valence electrons. The molecule has 3 aromatic rings. The fourth-order valence-corrected chi connectivity index (χ4v) is 5.05. The number of benzene rings is 1. The number of nitrogens with zero attached hydrogens (tertiary/aromatic N) is 5. The molecule has 1 saturated heterocycles. The average Bonchev–Trinajstić information content (AvgIpc) is 3.12. The van der Waals surface area contributed by atoms with Crippen LogP contribution in [0.15, 0.2) is 41.5 Å². The largest absolute Gasteiger partial charge is 0.320 e. The number of aryl methyl sites for hydroxylation is 1.